The van der Waals surface area contributed by atoms with Crippen LogP contribution in [0.15, 0.2) is 50.7 Å². The van der Waals surface area contributed by atoms with E-state index in [-0.39, 0.29) is 0 Å². The number of anilines is 1. The first kappa shape index (κ1) is 14.7. The third-order valence-electron chi connectivity index (χ3n) is 2.92. The Morgan fingerprint density at radius 2 is 1.81 bits per heavy atom. The summed E-state index contributed by atoms with van der Waals surface area (Å²) in [5.74, 6) is 1.52. The third kappa shape index (κ3) is 3.17. The largest absolute Gasteiger partial charge is 0.373 e. The summed E-state index contributed by atoms with van der Waals surface area (Å²) in [5, 5.41) is 3.10. The Bertz CT molecular complexity index is 752. The Morgan fingerprint density at radius 1 is 1.05 bits per heavy atom. The summed E-state index contributed by atoms with van der Waals surface area (Å²) >= 11 is 8.63. The Hall–Kier alpha value is -1.24. The number of thiophene rings is 1. The van der Waals surface area contributed by atoms with Crippen molar-refractivity contribution in [3.8, 4) is 22.0 Å². The Balaban J connectivity index is 2.13. The molecule has 3 rings (SSSR count). The molecule has 0 bridgehead atoms. The van der Waals surface area contributed by atoms with Crippen molar-refractivity contribution in [3.05, 3.63) is 50.7 Å². The molecule has 3 nitrogen and oxygen atoms in total. The molecule has 2 heterocycles. The first-order valence-corrected chi connectivity index (χ1v) is 8.65. The molecule has 6 heteroatoms. The lowest BCUT2D eigenvalue weighted by molar-refractivity contribution is 1.18. The van der Waals surface area contributed by atoms with Gasteiger partial charge in [0.05, 0.1) is 14.4 Å². The Kier molecular flexibility index (Phi) is 4.37. The van der Waals surface area contributed by atoms with E-state index >= 15 is 0 Å². The van der Waals surface area contributed by atoms with Gasteiger partial charge in [-0.2, -0.15) is 0 Å². The van der Waals surface area contributed by atoms with E-state index in [1.165, 1.54) is 0 Å². The number of nitrogens with one attached hydrogen (secondary N) is 1. The highest BCUT2D eigenvalue weighted by molar-refractivity contribution is 9.13. The van der Waals surface area contributed by atoms with E-state index in [9.17, 15) is 0 Å². The zero-order chi connectivity index (χ0) is 14.8. The van der Waals surface area contributed by atoms with Crippen LogP contribution in [0.3, 0.4) is 0 Å². The highest BCUT2D eigenvalue weighted by Crippen LogP contribution is 2.37. The molecule has 0 saturated carbocycles. The average Bonchev–Trinajstić information content (AvgIpc) is 2.87. The van der Waals surface area contributed by atoms with Crippen molar-refractivity contribution >= 4 is 49.0 Å². The van der Waals surface area contributed by atoms with Gasteiger partial charge in [-0.1, -0.05) is 30.3 Å². The van der Waals surface area contributed by atoms with Crippen molar-refractivity contribution in [2.75, 3.05) is 12.4 Å². The minimum Gasteiger partial charge on any atom is -0.373 e. The van der Waals surface area contributed by atoms with E-state index in [0.29, 0.717) is 0 Å². The van der Waals surface area contributed by atoms with Crippen LogP contribution in [0.2, 0.25) is 0 Å². The zero-order valence-electron chi connectivity index (χ0n) is 11.1. The molecule has 0 aliphatic heterocycles. The lowest BCUT2D eigenvalue weighted by Gasteiger charge is -2.07. The van der Waals surface area contributed by atoms with Gasteiger partial charge in [-0.15, -0.1) is 11.3 Å². The second kappa shape index (κ2) is 6.25. The number of hydrogen-bond acceptors (Lipinski definition) is 4. The van der Waals surface area contributed by atoms with Crippen LogP contribution in [0.25, 0.3) is 22.0 Å². The molecule has 2 aromatic heterocycles. The molecule has 0 amide bonds. The third-order valence-corrected chi connectivity index (χ3v) is 6.17. The topological polar surface area (TPSA) is 37.8 Å². The summed E-state index contributed by atoms with van der Waals surface area (Å²) < 4.78 is 2.06. The van der Waals surface area contributed by atoms with E-state index in [1.54, 1.807) is 11.3 Å². The van der Waals surface area contributed by atoms with Gasteiger partial charge >= 0.3 is 0 Å². The molecule has 0 spiro atoms. The zero-order valence-corrected chi connectivity index (χ0v) is 15.1. The second-order valence-electron chi connectivity index (χ2n) is 4.31. The summed E-state index contributed by atoms with van der Waals surface area (Å²) in [6, 6.07) is 14.1. The van der Waals surface area contributed by atoms with Crippen molar-refractivity contribution in [1.29, 1.82) is 0 Å². The molecule has 0 atom stereocenters. The minimum absolute atomic E-state index is 0.720. The van der Waals surface area contributed by atoms with Crippen LogP contribution in [0, 0.1) is 0 Å². The van der Waals surface area contributed by atoms with Crippen LogP contribution in [-0.4, -0.2) is 17.0 Å². The smallest absolute Gasteiger partial charge is 0.172 e. The van der Waals surface area contributed by atoms with Crippen LogP contribution in [-0.2, 0) is 0 Å². The van der Waals surface area contributed by atoms with E-state index < -0.39 is 0 Å². The van der Waals surface area contributed by atoms with E-state index in [4.69, 9.17) is 4.98 Å². The van der Waals surface area contributed by atoms with Gasteiger partial charge in [-0.05, 0) is 37.9 Å². The molecule has 106 valence electrons. The van der Waals surface area contributed by atoms with Crippen LogP contribution < -0.4 is 5.32 Å². The summed E-state index contributed by atoms with van der Waals surface area (Å²) in [7, 11) is 1.86. The number of aromatic nitrogens is 2. The molecule has 0 aliphatic carbocycles. The molecule has 0 fully saturated rings. The lowest BCUT2D eigenvalue weighted by atomic mass is 10.1. The standard InChI is InChI=1S/C15H11Br2N3S/c1-18-13-8-11(9-5-3-2-4-6-9)19-15(20-13)12-7-10(16)14(17)21-12/h2-8H,1H3,(H,18,19,20). The van der Waals surface area contributed by atoms with E-state index in [0.717, 1.165) is 36.0 Å². The van der Waals surface area contributed by atoms with E-state index in [2.05, 4.69) is 42.2 Å². The maximum absolute atomic E-state index is 4.69. The molecule has 21 heavy (non-hydrogen) atoms. The Morgan fingerprint density at radius 3 is 2.43 bits per heavy atom. The van der Waals surface area contributed by atoms with Crippen LogP contribution >= 0.6 is 43.2 Å². The number of nitrogens with zero attached hydrogens (tertiary/aromatic N) is 2. The van der Waals surface area contributed by atoms with E-state index in [1.807, 2.05) is 49.5 Å². The maximum Gasteiger partial charge on any atom is 0.172 e. The molecule has 0 unspecified atom stereocenters. The van der Waals surface area contributed by atoms with Crippen molar-refractivity contribution in [1.82, 2.24) is 9.97 Å². The van der Waals surface area contributed by atoms with Gasteiger partial charge in [0.15, 0.2) is 5.82 Å². The quantitative estimate of drug-likeness (QED) is 0.608. The summed E-state index contributed by atoms with van der Waals surface area (Å²) in [6.45, 7) is 0. The fourth-order valence-electron chi connectivity index (χ4n) is 1.90. The predicted octanol–water partition coefficient (Wildman–Crippen LogP) is 5.44. The van der Waals surface area contributed by atoms with Gasteiger partial charge in [0.1, 0.15) is 5.82 Å². The monoisotopic (exact) mass is 423 g/mol. The average molecular weight is 425 g/mol. The highest BCUT2D eigenvalue weighted by Gasteiger charge is 2.12. The first-order chi connectivity index (χ1) is 10.2. The van der Waals surface area contributed by atoms with Crippen LogP contribution in [0.1, 0.15) is 0 Å². The van der Waals surface area contributed by atoms with Crippen molar-refractivity contribution in [2.24, 2.45) is 0 Å². The molecular weight excluding hydrogens is 414 g/mol. The Labute approximate surface area is 143 Å². The molecule has 1 N–H and O–H groups in total. The van der Waals surface area contributed by atoms with Gasteiger partial charge in [-0.25, -0.2) is 9.97 Å². The molecule has 0 aliphatic rings. The molecule has 0 saturated heterocycles. The normalized spacial score (nSPS) is 10.6. The number of rotatable bonds is 3. The van der Waals surface area contributed by atoms with Gasteiger partial charge < -0.3 is 5.32 Å². The molecule has 0 radical (unpaired) electrons. The van der Waals surface area contributed by atoms with Crippen LogP contribution in [0.4, 0.5) is 5.82 Å². The van der Waals surface area contributed by atoms with Gasteiger partial charge in [0, 0.05) is 23.2 Å². The predicted molar refractivity (Wildman–Crippen MR) is 95.7 cm³/mol. The fraction of sp³-hybridized carbons (Fsp3) is 0.0667. The lowest BCUT2D eigenvalue weighted by Crippen LogP contribution is -1.97. The maximum atomic E-state index is 4.69. The summed E-state index contributed by atoms with van der Waals surface area (Å²) in [5.41, 5.74) is 1.98. The van der Waals surface area contributed by atoms with Crippen molar-refractivity contribution in [2.45, 2.75) is 0 Å². The molecule has 1 aromatic carbocycles. The fourth-order valence-corrected chi connectivity index (χ4v) is 3.87. The van der Waals surface area contributed by atoms with Gasteiger partial charge in [-0.3, -0.25) is 0 Å². The van der Waals surface area contributed by atoms with Crippen LogP contribution in [0.5, 0.6) is 0 Å². The number of benzene rings is 1. The minimum atomic E-state index is 0.720. The number of halogens is 2. The van der Waals surface area contributed by atoms with Gasteiger partial charge in [0.2, 0.25) is 0 Å². The SMILES string of the molecule is CNc1cc(-c2ccccc2)nc(-c2cc(Br)c(Br)s2)n1. The van der Waals surface area contributed by atoms with Crippen molar-refractivity contribution in [3.63, 3.8) is 0 Å². The van der Waals surface area contributed by atoms with Gasteiger partial charge in [0.25, 0.3) is 0 Å². The number of hydrogen-bond donors (Lipinski definition) is 1. The molecule has 3 aromatic rings. The molecular formula is C15H11Br2N3S. The summed E-state index contributed by atoms with van der Waals surface area (Å²) in [4.78, 5) is 10.3. The second-order valence-corrected chi connectivity index (χ2v) is 7.53. The van der Waals surface area contributed by atoms with Crippen molar-refractivity contribution < 1.29 is 0 Å². The summed E-state index contributed by atoms with van der Waals surface area (Å²) in [6.07, 6.45) is 0. The first-order valence-electron chi connectivity index (χ1n) is 6.25. The highest BCUT2D eigenvalue weighted by atomic mass is 79.9.